The lowest BCUT2D eigenvalue weighted by Gasteiger charge is -2.35. The monoisotopic (exact) mass is 380 g/mol. The fraction of sp³-hybridized carbons (Fsp3) is 0.350. The van der Waals surface area contributed by atoms with Gasteiger partial charge in [-0.15, -0.1) is 0 Å². The lowest BCUT2D eigenvalue weighted by Crippen LogP contribution is -3.00. The number of halogens is 2. The van der Waals surface area contributed by atoms with E-state index in [1.165, 1.54) is 0 Å². The molecule has 0 aliphatic rings. The van der Waals surface area contributed by atoms with Crippen LogP contribution in [0.3, 0.4) is 0 Å². The molecule has 0 saturated carbocycles. The number of nitrogens with zero attached hydrogens (tertiary/aromatic N) is 2. The Kier molecular flexibility index (Phi) is 7.94. The van der Waals surface area contributed by atoms with Gasteiger partial charge in [0.15, 0.2) is 0 Å². The number of para-hydroxylation sites is 1. The molecule has 2 rings (SSSR count). The maximum atomic E-state index is 13.4. The quantitative estimate of drug-likeness (QED) is 0.728. The molecular weight excluding hydrogens is 355 g/mol. The molecule has 0 N–H and O–H groups in total. The smallest absolute Gasteiger partial charge is 0.423 e. The summed E-state index contributed by atoms with van der Waals surface area (Å²) >= 11 is 6.47. The minimum Gasteiger partial charge on any atom is -1.00 e. The topological polar surface area (TPSA) is 20.3 Å². The predicted molar refractivity (Wildman–Crippen MR) is 101 cm³/mol. The Morgan fingerprint density at radius 2 is 1.64 bits per heavy atom. The molecule has 0 heterocycles. The Morgan fingerprint density at radius 3 is 2.16 bits per heavy atom. The van der Waals surface area contributed by atoms with Crippen LogP contribution in [0.4, 0.5) is 10.5 Å². The molecule has 0 aliphatic carbocycles. The third-order valence-electron chi connectivity index (χ3n) is 4.73. The van der Waals surface area contributed by atoms with Crippen LogP contribution in [0.5, 0.6) is 0 Å². The number of amides is 2. The molecule has 25 heavy (non-hydrogen) atoms. The van der Waals surface area contributed by atoms with E-state index in [9.17, 15) is 4.79 Å². The zero-order chi connectivity index (χ0) is 17.7. The summed E-state index contributed by atoms with van der Waals surface area (Å²) in [7, 11) is 1.98. The second-order valence-electron chi connectivity index (χ2n) is 6.29. The molecular formula is C20H26Cl2N2O. The van der Waals surface area contributed by atoms with Gasteiger partial charge in [0.25, 0.3) is 0 Å². The minimum atomic E-state index is 0. The largest absolute Gasteiger partial charge is 1.00 e. The normalized spacial score (nSPS) is 10.9. The lowest BCUT2D eigenvalue weighted by molar-refractivity contribution is -0.825. The maximum Gasteiger partial charge on any atom is 0.423 e. The van der Waals surface area contributed by atoms with Crippen LogP contribution in [0.25, 0.3) is 0 Å². The van der Waals surface area contributed by atoms with Crippen LogP contribution in [-0.4, -0.2) is 30.7 Å². The van der Waals surface area contributed by atoms with E-state index < -0.39 is 0 Å². The van der Waals surface area contributed by atoms with Crippen LogP contribution < -0.4 is 17.3 Å². The van der Waals surface area contributed by atoms with Crippen LogP contribution >= 0.6 is 11.6 Å². The molecule has 0 fully saturated rings. The SMILES string of the molecule is CC[N+](C)(CC)C(=O)N(Cc1ccccc1)c1c(C)cccc1Cl.[Cl-]. The van der Waals surface area contributed by atoms with E-state index in [-0.39, 0.29) is 18.4 Å². The average molecular weight is 381 g/mol. The van der Waals surface area contributed by atoms with Crippen molar-refractivity contribution in [1.29, 1.82) is 0 Å². The molecule has 0 aromatic heterocycles. The molecule has 0 saturated heterocycles. The summed E-state index contributed by atoms with van der Waals surface area (Å²) in [6, 6.07) is 15.9. The number of benzene rings is 2. The van der Waals surface area contributed by atoms with Crippen LogP contribution in [0.1, 0.15) is 25.0 Å². The third-order valence-corrected chi connectivity index (χ3v) is 5.04. The molecule has 2 aromatic rings. The van der Waals surface area contributed by atoms with Crippen molar-refractivity contribution in [2.45, 2.75) is 27.3 Å². The van der Waals surface area contributed by atoms with E-state index >= 15 is 0 Å². The molecule has 2 amide bonds. The first-order valence-electron chi connectivity index (χ1n) is 8.38. The van der Waals surface area contributed by atoms with Crippen molar-refractivity contribution in [2.24, 2.45) is 0 Å². The van der Waals surface area contributed by atoms with Crippen molar-refractivity contribution in [3.8, 4) is 0 Å². The summed E-state index contributed by atoms with van der Waals surface area (Å²) in [5, 5.41) is 0.609. The van der Waals surface area contributed by atoms with Gasteiger partial charge in [-0.2, -0.15) is 0 Å². The summed E-state index contributed by atoms with van der Waals surface area (Å²) in [6.45, 7) is 8.07. The number of aryl methyl sites for hydroxylation is 1. The van der Waals surface area contributed by atoms with E-state index in [4.69, 9.17) is 11.6 Å². The van der Waals surface area contributed by atoms with Gasteiger partial charge in [0, 0.05) is 0 Å². The van der Waals surface area contributed by atoms with Gasteiger partial charge in [0.05, 0.1) is 37.4 Å². The summed E-state index contributed by atoms with van der Waals surface area (Å²) in [4.78, 5) is 15.2. The Labute approximate surface area is 162 Å². The number of hydrogen-bond donors (Lipinski definition) is 0. The highest BCUT2D eigenvalue weighted by Crippen LogP contribution is 2.32. The van der Waals surface area contributed by atoms with Crippen LogP contribution in [0.2, 0.25) is 5.02 Å². The van der Waals surface area contributed by atoms with Crippen molar-refractivity contribution in [2.75, 3.05) is 25.0 Å². The van der Waals surface area contributed by atoms with Gasteiger partial charge >= 0.3 is 6.03 Å². The molecule has 0 unspecified atom stereocenters. The van der Waals surface area contributed by atoms with E-state index in [1.54, 1.807) is 0 Å². The molecule has 0 aliphatic heterocycles. The number of urea groups is 1. The fourth-order valence-corrected chi connectivity index (χ4v) is 3.08. The van der Waals surface area contributed by atoms with Gasteiger partial charge < -0.3 is 12.4 Å². The number of carbonyl (C=O) groups excluding carboxylic acids is 1. The van der Waals surface area contributed by atoms with Crippen molar-refractivity contribution in [1.82, 2.24) is 0 Å². The van der Waals surface area contributed by atoms with Gasteiger partial charge in [0.2, 0.25) is 0 Å². The summed E-state index contributed by atoms with van der Waals surface area (Å²) < 4.78 is 0.345. The zero-order valence-corrected chi connectivity index (χ0v) is 16.8. The van der Waals surface area contributed by atoms with E-state index in [0.717, 1.165) is 29.9 Å². The van der Waals surface area contributed by atoms with E-state index in [2.05, 4.69) is 0 Å². The number of quaternary nitrogens is 1. The molecule has 136 valence electrons. The molecule has 0 atom stereocenters. The molecule has 0 radical (unpaired) electrons. The summed E-state index contributed by atoms with van der Waals surface area (Å²) in [6.07, 6.45) is 0. The van der Waals surface area contributed by atoms with Crippen molar-refractivity contribution in [3.05, 3.63) is 64.7 Å². The van der Waals surface area contributed by atoms with Gasteiger partial charge in [-0.25, -0.2) is 9.28 Å². The lowest BCUT2D eigenvalue weighted by atomic mass is 10.1. The molecule has 0 spiro atoms. The molecule has 2 aromatic carbocycles. The average Bonchev–Trinajstić information content (AvgIpc) is 2.60. The highest BCUT2D eigenvalue weighted by molar-refractivity contribution is 6.34. The van der Waals surface area contributed by atoms with Crippen LogP contribution in [-0.2, 0) is 6.54 Å². The van der Waals surface area contributed by atoms with Crippen molar-refractivity contribution >= 4 is 23.3 Å². The zero-order valence-electron chi connectivity index (χ0n) is 15.3. The fourth-order valence-electron chi connectivity index (χ4n) is 2.76. The van der Waals surface area contributed by atoms with Gasteiger partial charge in [-0.3, -0.25) is 4.90 Å². The van der Waals surface area contributed by atoms with E-state index in [1.807, 2.05) is 81.2 Å². The first-order chi connectivity index (χ1) is 11.4. The maximum absolute atomic E-state index is 13.4. The third kappa shape index (κ3) is 4.75. The Bertz CT molecular complexity index is 680. The van der Waals surface area contributed by atoms with Crippen LogP contribution in [0.15, 0.2) is 48.5 Å². The first kappa shape index (κ1) is 21.5. The number of hydrogen-bond acceptors (Lipinski definition) is 1. The second kappa shape index (κ2) is 9.23. The number of carbonyl (C=O) groups is 1. The number of rotatable bonds is 5. The van der Waals surface area contributed by atoms with E-state index in [0.29, 0.717) is 16.1 Å². The summed E-state index contributed by atoms with van der Waals surface area (Å²) in [5.74, 6) is 0. The van der Waals surface area contributed by atoms with Crippen molar-refractivity contribution < 1.29 is 21.7 Å². The number of anilines is 1. The minimum absolute atomic E-state index is 0. The molecule has 5 heteroatoms. The predicted octanol–water partition coefficient (Wildman–Crippen LogP) is 2.27. The van der Waals surface area contributed by atoms with Gasteiger partial charge in [-0.05, 0) is 38.0 Å². The van der Waals surface area contributed by atoms with Gasteiger partial charge in [0.1, 0.15) is 0 Å². The highest BCUT2D eigenvalue weighted by Gasteiger charge is 2.35. The highest BCUT2D eigenvalue weighted by atomic mass is 35.5. The Morgan fingerprint density at radius 1 is 1.04 bits per heavy atom. The molecule has 3 nitrogen and oxygen atoms in total. The molecule has 0 bridgehead atoms. The standard InChI is InChI=1S/C20H26ClN2O.ClH/c1-5-23(4,6-2)20(24)22(15-17-12-8-7-9-13-17)19-16(3)11-10-14-18(19)21;/h7-14H,5-6,15H2,1-4H3;1H/q+1;/p-1. The van der Waals surface area contributed by atoms with Crippen molar-refractivity contribution in [3.63, 3.8) is 0 Å². The Balaban J connectivity index is 0.00000312. The second-order valence-corrected chi connectivity index (χ2v) is 6.70. The summed E-state index contributed by atoms with van der Waals surface area (Å²) in [5.41, 5.74) is 2.90. The Hall–Kier alpha value is -1.55. The first-order valence-corrected chi connectivity index (χ1v) is 8.76. The van der Waals surface area contributed by atoms with Crippen LogP contribution in [0, 0.1) is 6.92 Å². The van der Waals surface area contributed by atoms with Gasteiger partial charge in [-0.1, -0.05) is 54.1 Å².